The van der Waals surface area contributed by atoms with Crippen LogP contribution in [0.2, 0.25) is 0 Å². The van der Waals surface area contributed by atoms with Crippen LogP contribution in [0.15, 0.2) is 22.6 Å². The highest BCUT2D eigenvalue weighted by Crippen LogP contribution is 2.40. The first-order valence-corrected chi connectivity index (χ1v) is 16.6. The van der Waals surface area contributed by atoms with E-state index in [0.717, 1.165) is 0 Å². The summed E-state index contributed by atoms with van der Waals surface area (Å²) in [5.41, 5.74) is -0.477. The van der Waals surface area contributed by atoms with Crippen molar-refractivity contribution in [2.75, 3.05) is 0 Å². The molecule has 0 saturated carbocycles. The zero-order valence-corrected chi connectivity index (χ0v) is 32.2. The number of hydrogen-bond donors (Lipinski definition) is 0. The molecule has 0 aliphatic carbocycles. The Bertz CT molecular complexity index is 978. The highest BCUT2D eigenvalue weighted by molar-refractivity contribution is 6.69. The Kier molecular flexibility index (Phi) is 22.3. The summed E-state index contributed by atoms with van der Waals surface area (Å²) in [6.07, 6.45) is 4.16. The van der Waals surface area contributed by atoms with Crippen molar-refractivity contribution in [3.63, 3.8) is 0 Å². The van der Waals surface area contributed by atoms with Crippen molar-refractivity contribution < 1.29 is 27.9 Å². The maximum atomic E-state index is 6.15. The van der Waals surface area contributed by atoms with Gasteiger partial charge in [0, 0.05) is 10.8 Å². The third kappa shape index (κ3) is 14.9. The van der Waals surface area contributed by atoms with Crippen LogP contribution in [-0.2, 0) is 27.9 Å². The van der Waals surface area contributed by atoms with Crippen LogP contribution >= 0.6 is 11.6 Å². The molecule has 0 bridgehead atoms. The first kappa shape index (κ1) is 54.1. The van der Waals surface area contributed by atoms with Crippen LogP contribution in [0, 0.1) is 29.5 Å². The maximum Gasteiger partial charge on any atom is 0.551 e. The van der Waals surface area contributed by atoms with Gasteiger partial charge in [-0.2, -0.15) is 0 Å². The lowest BCUT2D eigenvalue weighted by Gasteiger charge is -2.32. The van der Waals surface area contributed by atoms with Gasteiger partial charge in [-0.1, -0.05) is 101 Å². The van der Waals surface area contributed by atoms with Crippen molar-refractivity contribution in [3.8, 4) is 11.7 Å². The molecule has 0 unspecified atom stereocenters. The molecule has 3 saturated heterocycles. The van der Waals surface area contributed by atoms with Crippen molar-refractivity contribution in [2.45, 2.75) is 195 Å². The van der Waals surface area contributed by atoms with Crippen LogP contribution in [0.1, 0.15) is 161 Å². The van der Waals surface area contributed by atoms with E-state index in [4.69, 9.17) is 39.5 Å². The zero-order chi connectivity index (χ0) is 34.7. The monoisotopic (exact) mass is 699 g/mol. The first-order valence-electron chi connectivity index (χ1n) is 16.2. The molecule has 6 nitrogen and oxygen atoms in total. The number of rotatable bonds is 4. The van der Waals surface area contributed by atoms with Gasteiger partial charge in [-0.15, -0.1) is 5.92 Å². The fourth-order valence-corrected chi connectivity index (χ4v) is 4.46. The van der Waals surface area contributed by atoms with Crippen LogP contribution in [0.25, 0.3) is 0 Å². The normalized spacial score (nSPS) is 22.5. The summed E-state index contributed by atoms with van der Waals surface area (Å²) in [4.78, 5) is 0.642. The van der Waals surface area contributed by atoms with Gasteiger partial charge < -0.3 is 27.9 Å². The Morgan fingerprint density at radius 2 is 0.812 bits per heavy atom. The van der Waals surface area contributed by atoms with E-state index >= 15 is 0 Å². The standard InChI is InChI=1S/C12H23BO2.C11H20BClO2.C11H19BO2.4CH4/c1-9(2)8-10(3)13-14-11(4,5)12(6,7)15-13;1-8(2)7-9(13)12-14-10(3,4)11(5,6)15-12;1-9(2)7-8-12-13-10(3,4)11(5,6)14-12;;;;/h8-9H,1-7H3;7-8H,1-6H3;9H,1-6H3;4*1H4/b10-8-;9-7+;;;;;. The molecule has 282 valence electrons. The Morgan fingerprint density at radius 3 is 1.10 bits per heavy atom. The smallest absolute Gasteiger partial charge is 0.400 e. The average Bonchev–Trinajstić information content (AvgIpc) is 3.26. The van der Waals surface area contributed by atoms with Gasteiger partial charge in [-0.3, -0.25) is 0 Å². The molecule has 48 heavy (non-hydrogen) atoms. The Morgan fingerprint density at radius 1 is 0.521 bits per heavy atom. The van der Waals surface area contributed by atoms with Crippen LogP contribution in [0.4, 0.5) is 0 Å². The van der Waals surface area contributed by atoms with Crippen LogP contribution in [0.5, 0.6) is 0 Å². The lowest BCUT2D eigenvalue weighted by molar-refractivity contribution is 0.00578. The van der Waals surface area contributed by atoms with E-state index in [1.807, 2.05) is 61.5 Å². The Labute approximate surface area is 307 Å². The molecule has 3 aliphatic rings. The number of allylic oxidation sites excluding steroid dienone is 3. The first-order chi connectivity index (χ1) is 19.6. The fourth-order valence-electron chi connectivity index (χ4n) is 4.12. The molecule has 10 heteroatoms. The zero-order valence-electron chi connectivity index (χ0n) is 31.4. The molecule has 3 rings (SSSR count). The van der Waals surface area contributed by atoms with Gasteiger partial charge in [0.05, 0.1) is 33.6 Å². The molecule has 0 radical (unpaired) electrons. The van der Waals surface area contributed by atoms with Gasteiger partial charge in [0.1, 0.15) is 0 Å². The molecular weight excluding hydrogens is 620 g/mol. The van der Waals surface area contributed by atoms with Gasteiger partial charge in [-0.05, 0) is 107 Å². The third-order valence-corrected chi connectivity index (χ3v) is 9.24. The molecule has 3 heterocycles. The SMILES string of the molecule is C.C.C.C.C/C(=C/C(C)C)B1OC(C)(C)C(C)(C)O1.CC(C)/C=C(/Cl)B1OC(C)(C)C(C)(C)O1.CC(C)C#CB1OC(C)(C)C(C)(C)O1. The quantitative estimate of drug-likeness (QED) is 0.215. The molecule has 0 aromatic rings. The van der Waals surface area contributed by atoms with Crippen molar-refractivity contribution in [1.29, 1.82) is 0 Å². The molecule has 0 spiro atoms. The van der Waals surface area contributed by atoms with Crippen molar-refractivity contribution in [3.05, 3.63) is 22.6 Å². The highest BCUT2D eigenvalue weighted by Gasteiger charge is 2.53. The summed E-state index contributed by atoms with van der Waals surface area (Å²) < 4.78 is 34.9. The number of halogens is 1. The summed E-state index contributed by atoms with van der Waals surface area (Å²) in [7, 11) is -0.973. The van der Waals surface area contributed by atoms with Crippen LogP contribution in [-0.4, -0.2) is 55.0 Å². The Hall–Kier alpha value is -0.715. The molecular formula is C38H78B3ClO6. The average molecular weight is 699 g/mol. The van der Waals surface area contributed by atoms with E-state index in [1.165, 1.54) is 5.47 Å². The molecule has 0 aromatic heterocycles. The summed E-state index contributed by atoms with van der Waals surface area (Å²) in [5, 5.41) is 0. The van der Waals surface area contributed by atoms with E-state index in [-0.39, 0.29) is 77.5 Å². The van der Waals surface area contributed by atoms with Crippen molar-refractivity contribution in [2.24, 2.45) is 17.8 Å². The van der Waals surface area contributed by atoms with E-state index in [2.05, 4.69) is 94.0 Å². The minimum absolute atomic E-state index is 0. The molecule has 0 aromatic carbocycles. The van der Waals surface area contributed by atoms with E-state index in [1.54, 1.807) is 0 Å². The van der Waals surface area contributed by atoms with Crippen LogP contribution < -0.4 is 0 Å². The molecule has 0 amide bonds. The molecule has 3 aliphatic heterocycles. The molecule has 3 fully saturated rings. The maximum absolute atomic E-state index is 6.15. The predicted octanol–water partition coefficient (Wildman–Crippen LogP) is 11.4. The largest absolute Gasteiger partial charge is 0.551 e. The summed E-state index contributed by atoms with van der Waals surface area (Å²) in [6, 6.07) is 0. The second-order valence-electron chi connectivity index (χ2n) is 16.2. The minimum atomic E-state index is -0.418. The van der Waals surface area contributed by atoms with E-state index in [0.29, 0.717) is 22.7 Å². The van der Waals surface area contributed by atoms with Gasteiger partial charge in [0.15, 0.2) is 0 Å². The molecule has 0 N–H and O–H groups in total. The van der Waals surface area contributed by atoms with Crippen LogP contribution in [0.3, 0.4) is 0 Å². The predicted molar refractivity (Wildman–Crippen MR) is 215 cm³/mol. The topological polar surface area (TPSA) is 55.4 Å². The van der Waals surface area contributed by atoms with Gasteiger partial charge in [0.2, 0.25) is 0 Å². The van der Waals surface area contributed by atoms with Crippen molar-refractivity contribution in [1.82, 2.24) is 0 Å². The van der Waals surface area contributed by atoms with Gasteiger partial charge >= 0.3 is 21.4 Å². The second kappa shape index (κ2) is 19.8. The van der Waals surface area contributed by atoms with E-state index in [9.17, 15) is 0 Å². The van der Waals surface area contributed by atoms with E-state index < -0.39 is 7.12 Å². The third-order valence-electron chi connectivity index (χ3n) is 8.94. The number of hydrogen-bond acceptors (Lipinski definition) is 6. The fraction of sp³-hybridized carbons (Fsp3) is 0.842. The summed E-state index contributed by atoms with van der Waals surface area (Å²) in [6.45, 7) is 39.2. The second-order valence-corrected chi connectivity index (χ2v) is 16.6. The minimum Gasteiger partial charge on any atom is -0.400 e. The lowest BCUT2D eigenvalue weighted by Crippen LogP contribution is -2.41. The Balaban J connectivity index is -0.000000291. The van der Waals surface area contributed by atoms with Gasteiger partial charge in [-0.25, -0.2) is 0 Å². The summed E-state index contributed by atoms with van der Waals surface area (Å²) >= 11 is 6.15. The van der Waals surface area contributed by atoms with Crippen molar-refractivity contribution >= 4 is 33.0 Å². The van der Waals surface area contributed by atoms with Gasteiger partial charge in [0.25, 0.3) is 0 Å². The highest BCUT2D eigenvalue weighted by atomic mass is 35.5. The summed E-state index contributed by atoms with van der Waals surface area (Å²) in [5.74, 6) is 7.35. The molecule has 0 atom stereocenters. The lowest BCUT2D eigenvalue weighted by atomic mass is 9.78.